The molecular weight excluding hydrogens is 449 g/mol. The maximum absolute atomic E-state index is 4.55. The van der Waals surface area contributed by atoms with E-state index in [0.717, 1.165) is 44.6 Å². The summed E-state index contributed by atoms with van der Waals surface area (Å²) in [5.74, 6) is 1.80. The molecule has 1 atom stereocenters. The molecule has 1 aromatic carbocycles. The van der Waals surface area contributed by atoms with Gasteiger partial charge in [0, 0.05) is 58.0 Å². The highest BCUT2D eigenvalue weighted by atomic mass is 127. The molecular formula is C21H36IN5. The van der Waals surface area contributed by atoms with Gasteiger partial charge in [0.25, 0.3) is 0 Å². The number of likely N-dealkylation sites (tertiary alicyclic amines) is 1. The molecule has 0 aliphatic carbocycles. The van der Waals surface area contributed by atoms with Crippen LogP contribution in [0.3, 0.4) is 0 Å². The van der Waals surface area contributed by atoms with Gasteiger partial charge in [-0.15, -0.1) is 24.0 Å². The van der Waals surface area contributed by atoms with Gasteiger partial charge in [-0.1, -0.05) is 18.2 Å². The molecule has 5 nitrogen and oxygen atoms in total. The lowest BCUT2D eigenvalue weighted by Crippen LogP contribution is -2.53. The summed E-state index contributed by atoms with van der Waals surface area (Å²) < 4.78 is 0. The van der Waals surface area contributed by atoms with E-state index in [9.17, 15) is 0 Å². The third-order valence-corrected chi connectivity index (χ3v) is 5.74. The monoisotopic (exact) mass is 485 g/mol. The van der Waals surface area contributed by atoms with E-state index in [2.05, 4.69) is 69.2 Å². The van der Waals surface area contributed by atoms with E-state index in [0.29, 0.717) is 6.04 Å². The first kappa shape index (κ1) is 22.3. The fourth-order valence-corrected chi connectivity index (χ4v) is 4.12. The van der Waals surface area contributed by atoms with Crippen LogP contribution in [0.1, 0.15) is 26.7 Å². The van der Waals surface area contributed by atoms with Gasteiger partial charge in [0.05, 0.1) is 0 Å². The molecule has 0 spiro atoms. The zero-order chi connectivity index (χ0) is 18.4. The molecule has 0 aromatic heterocycles. The van der Waals surface area contributed by atoms with Crippen LogP contribution in [0.2, 0.25) is 0 Å². The van der Waals surface area contributed by atoms with Crippen molar-refractivity contribution in [1.29, 1.82) is 0 Å². The number of nitrogens with zero attached hydrogens (tertiary/aromatic N) is 4. The van der Waals surface area contributed by atoms with Crippen LogP contribution in [-0.4, -0.2) is 74.7 Å². The molecule has 2 aliphatic heterocycles. The second-order valence-electron chi connectivity index (χ2n) is 7.83. The standard InChI is InChI=1S/C21H35N5.HI/c1-18(2)26-11-7-8-19(17-26)16-23-21(22-3)25-14-12-24(13-15-25)20-9-5-4-6-10-20;/h4-6,9-10,18-19H,7-8,11-17H2,1-3H3,(H,22,23);1H. The predicted octanol–water partition coefficient (Wildman–Crippen LogP) is 3.12. The number of guanidine groups is 1. The van der Waals surface area contributed by atoms with Crippen LogP contribution in [0.25, 0.3) is 0 Å². The van der Waals surface area contributed by atoms with Crippen molar-refractivity contribution in [3.05, 3.63) is 30.3 Å². The summed E-state index contributed by atoms with van der Waals surface area (Å²) in [5.41, 5.74) is 1.33. The zero-order valence-electron chi connectivity index (χ0n) is 17.1. The normalized spacial score (nSPS) is 21.9. The maximum atomic E-state index is 4.55. The average Bonchev–Trinajstić information content (AvgIpc) is 2.70. The third kappa shape index (κ3) is 6.24. The molecule has 0 amide bonds. The van der Waals surface area contributed by atoms with E-state index >= 15 is 0 Å². The predicted molar refractivity (Wildman–Crippen MR) is 126 cm³/mol. The summed E-state index contributed by atoms with van der Waals surface area (Å²) in [5, 5.41) is 3.65. The van der Waals surface area contributed by atoms with E-state index in [1.165, 1.54) is 31.6 Å². The van der Waals surface area contributed by atoms with E-state index in [-0.39, 0.29) is 24.0 Å². The number of nitrogens with one attached hydrogen (secondary N) is 1. The van der Waals surface area contributed by atoms with Crippen LogP contribution < -0.4 is 10.2 Å². The molecule has 27 heavy (non-hydrogen) atoms. The minimum atomic E-state index is 0. The Morgan fingerprint density at radius 1 is 1.11 bits per heavy atom. The van der Waals surface area contributed by atoms with Crippen molar-refractivity contribution in [3.63, 3.8) is 0 Å². The summed E-state index contributed by atoms with van der Waals surface area (Å²) >= 11 is 0. The van der Waals surface area contributed by atoms with Crippen LogP contribution in [0.4, 0.5) is 5.69 Å². The van der Waals surface area contributed by atoms with E-state index in [1.54, 1.807) is 0 Å². The van der Waals surface area contributed by atoms with Gasteiger partial charge in [0.2, 0.25) is 0 Å². The minimum absolute atomic E-state index is 0. The number of piperazine rings is 1. The summed E-state index contributed by atoms with van der Waals surface area (Å²) in [7, 11) is 1.91. The second kappa shape index (κ2) is 11.1. The van der Waals surface area contributed by atoms with Gasteiger partial charge >= 0.3 is 0 Å². The number of hydrogen-bond acceptors (Lipinski definition) is 3. The highest BCUT2D eigenvalue weighted by molar-refractivity contribution is 14.0. The van der Waals surface area contributed by atoms with Gasteiger partial charge < -0.3 is 20.0 Å². The fraction of sp³-hybridized carbons (Fsp3) is 0.667. The molecule has 2 aliphatic rings. The number of rotatable bonds is 4. The van der Waals surface area contributed by atoms with Gasteiger partial charge in [-0.3, -0.25) is 4.99 Å². The van der Waals surface area contributed by atoms with Gasteiger partial charge in [0.1, 0.15) is 0 Å². The number of piperidine rings is 1. The Kier molecular flexibility index (Phi) is 9.15. The molecule has 1 unspecified atom stereocenters. The smallest absolute Gasteiger partial charge is 0.193 e. The Balaban J connectivity index is 0.00000261. The lowest BCUT2D eigenvalue weighted by atomic mass is 9.97. The number of benzene rings is 1. The van der Waals surface area contributed by atoms with Crippen molar-refractivity contribution in [2.75, 3.05) is 57.8 Å². The Morgan fingerprint density at radius 3 is 2.44 bits per heavy atom. The highest BCUT2D eigenvalue weighted by Crippen LogP contribution is 2.18. The molecule has 2 fully saturated rings. The van der Waals surface area contributed by atoms with Crippen molar-refractivity contribution >= 4 is 35.6 Å². The van der Waals surface area contributed by atoms with Crippen LogP contribution in [0, 0.1) is 5.92 Å². The maximum Gasteiger partial charge on any atom is 0.193 e. The van der Waals surface area contributed by atoms with Crippen molar-refractivity contribution in [1.82, 2.24) is 15.1 Å². The number of para-hydroxylation sites is 1. The summed E-state index contributed by atoms with van der Waals surface area (Å²) in [6.07, 6.45) is 2.65. The number of anilines is 1. The first-order valence-electron chi connectivity index (χ1n) is 10.2. The second-order valence-corrected chi connectivity index (χ2v) is 7.83. The highest BCUT2D eigenvalue weighted by Gasteiger charge is 2.23. The van der Waals surface area contributed by atoms with Gasteiger partial charge in [-0.2, -0.15) is 0 Å². The quantitative estimate of drug-likeness (QED) is 0.404. The van der Waals surface area contributed by atoms with Crippen molar-refractivity contribution < 1.29 is 0 Å². The first-order valence-corrected chi connectivity index (χ1v) is 10.2. The third-order valence-electron chi connectivity index (χ3n) is 5.74. The SMILES string of the molecule is CN=C(NCC1CCCN(C(C)C)C1)N1CCN(c2ccccc2)CC1.I. The minimum Gasteiger partial charge on any atom is -0.368 e. The Labute approximate surface area is 182 Å². The van der Waals surface area contributed by atoms with Crippen molar-refractivity contribution in [3.8, 4) is 0 Å². The largest absolute Gasteiger partial charge is 0.368 e. The summed E-state index contributed by atoms with van der Waals surface area (Å²) in [6.45, 7) is 12.3. The molecule has 0 radical (unpaired) electrons. The van der Waals surface area contributed by atoms with Gasteiger partial charge in [0.15, 0.2) is 5.96 Å². The number of hydrogen-bond donors (Lipinski definition) is 1. The first-order chi connectivity index (χ1) is 12.7. The van der Waals surface area contributed by atoms with E-state index < -0.39 is 0 Å². The number of halogens is 1. The molecule has 0 saturated carbocycles. The Bertz CT molecular complexity index is 569. The van der Waals surface area contributed by atoms with Crippen LogP contribution >= 0.6 is 24.0 Å². The number of aliphatic imine (C=N–C) groups is 1. The molecule has 3 rings (SSSR count). The fourth-order valence-electron chi connectivity index (χ4n) is 4.12. The lowest BCUT2D eigenvalue weighted by Gasteiger charge is -2.39. The van der Waals surface area contributed by atoms with Crippen LogP contribution in [-0.2, 0) is 0 Å². The van der Waals surface area contributed by atoms with Crippen LogP contribution in [0.5, 0.6) is 0 Å². The van der Waals surface area contributed by atoms with Crippen LogP contribution in [0.15, 0.2) is 35.3 Å². The summed E-state index contributed by atoms with van der Waals surface area (Å²) in [4.78, 5) is 12.0. The molecule has 2 saturated heterocycles. The van der Waals surface area contributed by atoms with E-state index in [1.807, 2.05) is 7.05 Å². The van der Waals surface area contributed by atoms with E-state index in [4.69, 9.17) is 0 Å². The van der Waals surface area contributed by atoms with Crippen molar-refractivity contribution in [2.24, 2.45) is 10.9 Å². The molecule has 0 bridgehead atoms. The average molecular weight is 485 g/mol. The van der Waals surface area contributed by atoms with Gasteiger partial charge in [-0.25, -0.2) is 0 Å². The molecule has 1 aromatic rings. The summed E-state index contributed by atoms with van der Waals surface area (Å²) in [6, 6.07) is 11.4. The molecule has 1 N–H and O–H groups in total. The zero-order valence-corrected chi connectivity index (χ0v) is 19.4. The Morgan fingerprint density at radius 2 is 1.81 bits per heavy atom. The lowest BCUT2D eigenvalue weighted by molar-refractivity contribution is 0.140. The van der Waals surface area contributed by atoms with Crippen molar-refractivity contribution in [2.45, 2.75) is 32.7 Å². The topological polar surface area (TPSA) is 34.1 Å². The van der Waals surface area contributed by atoms with Gasteiger partial charge in [-0.05, 0) is 51.3 Å². The molecule has 2 heterocycles. The molecule has 6 heteroatoms. The Hall–Kier alpha value is -1.02. The molecule has 152 valence electrons.